The lowest BCUT2D eigenvalue weighted by molar-refractivity contribution is 0.562. The molecule has 3 N–H and O–H groups in total. The average Bonchev–Trinajstić information content (AvgIpc) is 2.38. The van der Waals surface area contributed by atoms with Gasteiger partial charge >= 0.3 is 0 Å². The normalized spacial score (nSPS) is 12.2. The maximum atomic E-state index is 13.7. The van der Waals surface area contributed by atoms with Gasteiger partial charge in [0, 0.05) is 23.9 Å². The first-order valence-electron chi connectivity index (χ1n) is 5.67. The lowest BCUT2D eigenvalue weighted by Gasteiger charge is -2.19. The Morgan fingerprint density at radius 2 is 1.78 bits per heavy atom. The van der Waals surface area contributed by atoms with Crippen molar-refractivity contribution in [2.45, 2.75) is 6.04 Å². The van der Waals surface area contributed by atoms with Gasteiger partial charge in [-0.15, -0.1) is 0 Å². The lowest BCUT2D eigenvalue weighted by atomic mass is 10.1. The maximum Gasteiger partial charge on any atom is 0.131 e. The first-order chi connectivity index (χ1) is 8.70. The molecule has 0 bridgehead atoms. The number of anilines is 1. The van der Waals surface area contributed by atoms with E-state index in [0.717, 1.165) is 11.8 Å². The fourth-order valence-corrected chi connectivity index (χ4v) is 1.78. The third kappa shape index (κ3) is 2.84. The Kier molecular flexibility index (Phi) is 3.89. The SMILES string of the molecule is NCC(Nc1ccccc1)c1ccc(F)cc1F. The molecule has 0 heterocycles. The zero-order valence-electron chi connectivity index (χ0n) is 9.74. The van der Waals surface area contributed by atoms with Gasteiger partial charge in [0.1, 0.15) is 11.6 Å². The third-order valence-corrected chi connectivity index (χ3v) is 2.69. The van der Waals surface area contributed by atoms with Gasteiger partial charge in [0.25, 0.3) is 0 Å². The van der Waals surface area contributed by atoms with Crippen molar-refractivity contribution in [2.24, 2.45) is 5.73 Å². The van der Waals surface area contributed by atoms with Crippen molar-refractivity contribution >= 4 is 5.69 Å². The molecule has 0 aliphatic rings. The molecule has 0 amide bonds. The van der Waals surface area contributed by atoms with Crippen LogP contribution >= 0.6 is 0 Å². The van der Waals surface area contributed by atoms with Crippen molar-refractivity contribution in [1.29, 1.82) is 0 Å². The molecule has 0 saturated heterocycles. The highest BCUT2D eigenvalue weighted by Gasteiger charge is 2.14. The quantitative estimate of drug-likeness (QED) is 0.872. The molecule has 0 spiro atoms. The Morgan fingerprint density at radius 1 is 1.06 bits per heavy atom. The van der Waals surface area contributed by atoms with Crippen molar-refractivity contribution in [3.8, 4) is 0 Å². The molecule has 18 heavy (non-hydrogen) atoms. The van der Waals surface area contributed by atoms with Crippen LogP contribution in [0.3, 0.4) is 0 Å². The van der Waals surface area contributed by atoms with E-state index in [1.165, 1.54) is 12.1 Å². The fourth-order valence-electron chi connectivity index (χ4n) is 1.78. The smallest absolute Gasteiger partial charge is 0.131 e. The van der Waals surface area contributed by atoms with Gasteiger partial charge in [0.05, 0.1) is 6.04 Å². The molecule has 94 valence electrons. The van der Waals surface area contributed by atoms with Crippen molar-refractivity contribution in [1.82, 2.24) is 0 Å². The van der Waals surface area contributed by atoms with Gasteiger partial charge in [-0.3, -0.25) is 0 Å². The van der Waals surface area contributed by atoms with E-state index in [0.29, 0.717) is 5.56 Å². The van der Waals surface area contributed by atoms with E-state index in [1.807, 2.05) is 30.3 Å². The van der Waals surface area contributed by atoms with Gasteiger partial charge in [-0.05, 0) is 18.2 Å². The molecular weight excluding hydrogens is 234 g/mol. The number of hydrogen-bond acceptors (Lipinski definition) is 2. The van der Waals surface area contributed by atoms with Gasteiger partial charge in [-0.1, -0.05) is 24.3 Å². The van der Waals surface area contributed by atoms with E-state index in [9.17, 15) is 8.78 Å². The predicted octanol–water partition coefficient (Wildman–Crippen LogP) is 3.08. The Bertz CT molecular complexity index is 514. The summed E-state index contributed by atoms with van der Waals surface area (Å²) in [4.78, 5) is 0. The molecule has 0 aliphatic carbocycles. The third-order valence-electron chi connectivity index (χ3n) is 2.69. The second-order valence-corrected chi connectivity index (χ2v) is 3.96. The van der Waals surface area contributed by atoms with Crippen LogP contribution < -0.4 is 11.1 Å². The number of benzene rings is 2. The molecule has 2 aromatic carbocycles. The summed E-state index contributed by atoms with van der Waals surface area (Å²) >= 11 is 0. The molecule has 2 rings (SSSR count). The van der Waals surface area contributed by atoms with Crippen molar-refractivity contribution in [3.63, 3.8) is 0 Å². The standard InChI is InChI=1S/C14H14F2N2/c15-10-6-7-12(13(16)8-10)14(9-17)18-11-4-2-1-3-5-11/h1-8,14,18H,9,17H2. The second kappa shape index (κ2) is 5.60. The molecule has 2 nitrogen and oxygen atoms in total. The summed E-state index contributed by atoms with van der Waals surface area (Å²) in [6.07, 6.45) is 0. The molecule has 0 fully saturated rings. The first-order valence-corrected chi connectivity index (χ1v) is 5.67. The minimum absolute atomic E-state index is 0.220. The maximum absolute atomic E-state index is 13.7. The van der Waals surface area contributed by atoms with E-state index >= 15 is 0 Å². The average molecular weight is 248 g/mol. The van der Waals surface area contributed by atoms with Crippen LogP contribution in [-0.4, -0.2) is 6.54 Å². The molecule has 0 radical (unpaired) electrons. The van der Waals surface area contributed by atoms with Crippen LogP contribution in [0.4, 0.5) is 14.5 Å². The first kappa shape index (κ1) is 12.5. The molecular formula is C14H14F2N2. The van der Waals surface area contributed by atoms with Gasteiger partial charge in [-0.2, -0.15) is 0 Å². The van der Waals surface area contributed by atoms with Crippen LogP contribution in [0.5, 0.6) is 0 Å². The predicted molar refractivity (Wildman–Crippen MR) is 68.2 cm³/mol. The largest absolute Gasteiger partial charge is 0.377 e. The zero-order chi connectivity index (χ0) is 13.0. The topological polar surface area (TPSA) is 38.0 Å². The molecule has 0 saturated carbocycles. The number of hydrogen-bond donors (Lipinski definition) is 2. The summed E-state index contributed by atoms with van der Waals surface area (Å²) in [5.74, 6) is -1.18. The molecule has 2 aromatic rings. The minimum Gasteiger partial charge on any atom is -0.377 e. The highest BCUT2D eigenvalue weighted by atomic mass is 19.1. The second-order valence-electron chi connectivity index (χ2n) is 3.96. The van der Waals surface area contributed by atoms with E-state index < -0.39 is 11.6 Å². The van der Waals surface area contributed by atoms with Gasteiger partial charge < -0.3 is 11.1 Å². The summed E-state index contributed by atoms with van der Waals surface area (Å²) < 4.78 is 26.5. The van der Waals surface area contributed by atoms with Gasteiger partial charge in [0.2, 0.25) is 0 Å². The number of para-hydroxylation sites is 1. The Morgan fingerprint density at radius 3 is 2.39 bits per heavy atom. The van der Waals surface area contributed by atoms with Crippen LogP contribution in [0.1, 0.15) is 11.6 Å². The van der Waals surface area contributed by atoms with Crippen LogP contribution in [-0.2, 0) is 0 Å². The molecule has 1 unspecified atom stereocenters. The molecule has 4 heteroatoms. The van der Waals surface area contributed by atoms with Crippen LogP contribution in [0.15, 0.2) is 48.5 Å². The zero-order valence-corrected chi connectivity index (χ0v) is 9.74. The number of nitrogens with one attached hydrogen (secondary N) is 1. The number of nitrogens with two attached hydrogens (primary N) is 1. The van der Waals surface area contributed by atoms with Gasteiger partial charge in [0.15, 0.2) is 0 Å². The Hall–Kier alpha value is -1.94. The molecule has 0 aliphatic heterocycles. The summed E-state index contributed by atoms with van der Waals surface area (Å²) in [5, 5.41) is 3.12. The summed E-state index contributed by atoms with van der Waals surface area (Å²) in [6, 6.07) is 12.5. The summed E-state index contributed by atoms with van der Waals surface area (Å²) in [7, 11) is 0. The Balaban J connectivity index is 2.23. The van der Waals surface area contributed by atoms with E-state index in [2.05, 4.69) is 5.32 Å². The monoisotopic (exact) mass is 248 g/mol. The lowest BCUT2D eigenvalue weighted by Crippen LogP contribution is -2.21. The fraction of sp³-hybridized carbons (Fsp3) is 0.143. The number of halogens is 2. The van der Waals surface area contributed by atoms with Gasteiger partial charge in [-0.25, -0.2) is 8.78 Å². The highest BCUT2D eigenvalue weighted by Crippen LogP contribution is 2.21. The summed E-state index contributed by atoms with van der Waals surface area (Å²) in [5.41, 5.74) is 6.84. The van der Waals surface area contributed by atoms with E-state index in [1.54, 1.807) is 0 Å². The van der Waals surface area contributed by atoms with E-state index in [4.69, 9.17) is 5.73 Å². The molecule has 1 atom stereocenters. The van der Waals surface area contributed by atoms with E-state index in [-0.39, 0.29) is 12.6 Å². The minimum atomic E-state index is -0.591. The molecule has 0 aromatic heterocycles. The van der Waals surface area contributed by atoms with Crippen LogP contribution in [0.25, 0.3) is 0 Å². The Labute approximate surface area is 104 Å². The van der Waals surface area contributed by atoms with Crippen molar-refractivity contribution < 1.29 is 8.78 Å². The summed E-state index contributed by atoms with van der Waals surface area (Å²) in [6.45, 7) is 0.220. The van der Waals surface area contributed by atoms with Crippen LogP contribution in [0, 0.1) is 11.6 Å². The highest BCUT2D eigenvalue weighted by molar-refractivity contribution is 5.45. The number of rotatable bonds is 4. The van der Waals surface area contributed by atoms with Crippen molar-refractivity contribution in [2.75, 3.05) is 11.9 Å². The van der Waals surface area contributed by atoms with Crippen LogP contribution in [0.2, 0.25) is 0 Å². The van der Waals surface area contributed by atoms with Crippen molar-refractivity contribution in [3.05, 3.63) is 65.7 Å².